The van der Waals surface area contributed by atoms with Gasteiger partial charge in [-0.15, -0.1) is 0 Å². The molecule has 1 saturated heterocycles. The smallest absolute Gasteiger partial charge is 0.174 e. The number of carbonyl (C=O) groups excluding carboxylic acids is 2. The van der Waals surface area contributed by atoms with Crippen LogP contribution in [0.15, 0.2) is 34.7 Å². The lowest BCUT2D eigenvalue weighted by Gasteiger charge is -2.38. The Kier molecular flexibility index (Phi) is 2.77. The molecule has 0 N–H and O–H groups in total. The van der Waals surface area contributed by atoms with Crippen molar-refractivity contribution in [2.24, 2.45) is 17.8 Å². The molecule has 0 spiro atoms. The predicted octanol–water partition coefficient (Wildman–Crippen LogP) is 2.41. The van der Waals surface area contributed by atoms with E-state index < -0.39 is 21.7 Å². The summed E-state index contributed by atoms with van der Waals surface area (Å²) in [4.78, 5) is 26.1. The summed E-state index contributed by atoms with van der Waals surface area (Å²) in [7, 11) is -3.25. The molecule has 114 valence electrons. The van der Waals surface area contributed by atoms with Gasteiger partial charge in [-0.1, -0.05) is 29.8 Å². The summed E-state index contributed by atoms with van der Waals surface area (Å²) in [5, 5.41) is 0. The fraction of sp³-hybridized carbons (Fsp3) is 0.412. The first-order valence-electron chi connectivity index (χ1n) is 7.51. The molecule has 0 aromatic heterocycles. The molecule has 0 amide bonds. The van der Waals surface area contributed by atoms with Crippen LogP contribution < -0.4 is 0 Å². The van der Waals surface area contributed by atoms with Crippen molar-refractivity contribution in [3.05, 3.63) is 45.9 Å². The highest BCUT2D eigenvalue weighted by Crippen LogP contribution is 2.51. The van der Waals surface area contributed by atoms with E-state index in [9.17, 15) is 18.0 Å². The number of rotatable bonds is 0. The van der Waals surface area contributed by atoms with Gasteiger partial charge in [0, 0.05) is 33.8 Å². The van der Waals surface area contributed by atoms with Crippen molar-refractivity contribution in [2.75, 3.05) is 5.75 Å². The van der Waals surface area contributed by atoms with Crippen LogP contribution in [0, 0.1) is 17.8 Å². The number of hydrogen-bond donors (Lipinski definition) is 0. The van der Waals surface area contributed by atoms with Crippen LogP contribution in [0.25, 0.3) is 0 Å². The van der Waals surface area contributed by atoms with E-state index in [0.29, 0.717) is 28.9 Å². The number of sulfone groups is 1. The zero-order valence-electron chi connectivity index (χ0n) is 12.2. The Morgan fingerprint density at radius 2 is 1.64 bits per heavy atom. The minimum atomic E-state index is -3.25. The van der Waals surface area contributed by atoms with Crippen molar-refractivity contribution < 1.29 is 18.0 Å². The van der Waals surface area contributed by atoms with Crippen LogP contribution in [-0.2, 0) is 9.84 Å². The molecule has 4 nitrogen and oxygen atoms in total. The van der Waals surface area contributed by atoms with E-state index in [1.54, 1.807) is 31.2 Å². The Bertz CT molecular complexity index is 847. The van der Waals surface area contributed by atoms with E-state index in [1.165, 1.54) is 0 Å². The molecule has 2 aliphatic carbocycles. The Morgan fingerprint density at radius 1 is 1.00 bits per heavy atom. The first kappa shape index (κ1) is 13.9. The fourth-order valence-corrected chi connectivity index (χ4v) is 6.55. The van der Waals surface area contributed by atoms with Gasteiger partial charge in [-0.2, -0.15) is 0 Å². The zero-order valence-corrected chi connectivity index (χ0v) is 13.0. The topological polar surface area (TPSA) is 68.3 Å². The fourth-order valence-electron chi connectivity index (χ4n) is 4.43. The van der Waals surface area contributed by atoms with Gasteiger partial charge in [0.15, 0.2) is 21.4 Å². The summed E-state index contributed by atoms with van der Waals surface area (Å²) in [5.41, 5.74) is 1.71. The standard InChI is InChI=1S/C17H16O4S/c1-9-8-13-14(12-6-7-22(20,21)17(9)12)16(19)11-5-3-2-4-10(11)15(13)18/h2-5,12-14H,6-8H2,1H3/t12-,13+,14+/m0/s1. The van der Waals surface area contributed by atoms with Gasteiger partial charge in [0.1, 0.15) is 0 Å². The minimum absolute atomic E-state index is 0.0112. The number of hydrogen-bond acceptors (Lipinski definition) is 4. The van der Waals surface area contributed by atoms with Gasteiger partial charge in [0.2, 0.25) is 0 Å². The van der Waals surface area contributed by atoms with Gasteiger partial charge >= 0.3 is 0 Å². The lowest BCUT2D eigenvalue weighted by Crippen LogP contribution is -2.43. The molecule has 1 aromatic rings. The van der Waals surface area contributed by atoms with E-state index in [-0.39, 0.29) is 23.2 Å². The third-order valence-electron chi connectivity index (χ3n) is 5.28. The molecule has 0 radical (unpaired) electrons. The second kappa shape index (κ2) is 4.38. The lowest BCUT2D eigenvalue weighted by atomic mass is 9.63. The third-order valence-corrected chi connectivity index (χ3v) is 7.38. The van der Waals surface area contributed by atoms with E-state index in [1.807, 2.05) is 0 Å². The largest absolute Gasteiger partial charge is 0.294 e. The van der Waals surface area contributed by atoms with Gasteiger partial charge in [-0.3, -0.25) is 9.59 Å². The van der Waals surface area contributed by atoms with E-state index in [0.717, 1.165) is 5.57 Å². The molecule has 1 heterocycles. The molecular formula is C17H16O4S. The van der Waals surface area contributed by atoms with Gasteiger partial charge in [0.25, 0.3) is 0 Å². The van der Waals surface area contributed by atoms with Gasteiger partial charge in [-0.25, -0.2) is 8.42 Å². The van der Waals surface area contributed by atoms with Crippen molar-refractivity contribution in [1.29, 1.82) is 0 Å². The third kappa shape index (κ3) is 1.66. The summed E-state index contributed by atoms with van der Waals surface area (Å²) in [6.45, 7) is 1.79. The van der Waals surface area contributed by atoms with Crippen LogP contribution >= 0.6 is 0 Å². The summed E-state index contributed by atoms with van der Waals surface area (Å²) >= 11 is 0. The molecule has 0 unspecified atom stereocenters. The number of allylic oxidation sites excluding steroid dienone is 2. The first-order chi connectivity index (χ1) is 10.4. The molecule has 4 rings (SSSR count). The average Bonchev–Trinajstić information content (AvgIpc) is 2.81. The Labute approximate surface area is 129 Å². The lowest BCUT2D eigenvalue weighted by molar-refractivity contribution is 0.0671. The molecule has 0 saturated carbocycles. The summed E-state index contributed by atoms with van der Waals surface area (Å²) in [6.07, 6.45) is 0.839. The maximum absolute atomic E-state index is 12.9. The van der Waals surface area contributed by atoms with Crippen LogP contribution in [0.1, 0.15) is 40.5 Å². The normalized spacial score (nSPS) is 32.5. The van der Waals surface area contributed by atoms with Crippen molar-refractivity contribution >= 4 is 21.4 Å². The van der Waals surface area contributed by atoms with Crippen LogP contribution in [0.5, 0.6) is 0 Å². The zero-order chi connectivity index (χ0) is 15.6. The summed E-state index contributed by atoms with van der Waals surface area (Å²) < 4.78 is 24.5. The highest BCUT2D eigenvalue weighted by molar-refractivity contribution is 7.95. The SMILES string of the molecule is CC1=C2[C@@H](CCS2(=O)=O)[C@H]2C(=O)c3ccccc3C(=O)[C@@H]2C1. The molecule has 1 aromatic carbocycles. The predicted molar refractivity (Wildman–Crippen MR) is 81.3 cm³/mol. The van der Waals surface area contributed by atoms with Gasteiger partial charge < -0.3 is 0 Å². The molecule has 3 atom stereocenters. The minimum Gasteiger partial charge on any atom is -0.294 e. The van der Waals surface area contributed by atoms with Gasteiger partial charge in [0.05, 0.1) is 5.75 Å². The first-order valence-corrected chi connectivity index (χ1v) is 9.17. The van der Waals surface area contributed by atoms with E-state index in [2.05, 4.69) is 0 Å². The van der Waals surface area contributed by atoms with E-state index >= 15 is 0 Å². The molecule has 1 aliphatic heterocycles. The molecule has 3 aliphatic rings. The Hall–Kier alpha value is -1.75. The van der Waals surface area contributed by atoms with Crippen molar-refractivity contribution in [3.63, 3.8) is 0 Å². The number of benzene rings is 1. The van der Waals surface area contributed by atoms with Crippen LogP contribution in [0.2, 0.25) is 0 Å². The second-order valence-electron chi connectivity index (χ2n) is 6.47. The summed E-state index contributed by atoms with van der Waals surface area (Å²) in [6, 6.07) is 6.90. The second-order valence-corrected chi connectivity index (χ2v) is 8.55. The molecular weight excluding hydrogens is 300 g/mol. The van der Waals surface area contributed by atoms with Crippen molar-refractivity contribution in [2.45, 2.75) is 19.8 Å². The van der Waals surface area contributed by atoms with Crippen LogP contribution in [0.4, 0.5) is 0 Å². The number of Topliss-reactive ketones (excluding diaryl/α,β-unsaturated/α-hetero) is 2. The average molecular weight is 316 g/mol. The van der Waals surface area contributed by atoms with Crippen LogP contribution in [0.3, 0.4) is 0 Å². The highest BCUT2D eigenvalue weighted by Gasteiger charge is 2.53. The van der Waals surface area contributed by atoms with E-state index in [4.69, 9.17) is 0 Å². The number of carbonyl (C=O) groups is 2. The molecule has 1 fully saturated rings. The monoisotopic (exact) mass is 316 g/mol. The number of ketones is 2. The van der Waals surface area contributed by atoms with Crippen LogP contribution in [-0.4, -0.2) is 25.7 Å². The molecule has 0 bridgehead atoms. The van der Waals surface area contributed by atoms with Crippen molar-refractivity contribution in [1.82, 2.24) is 0 Å². The van der Waals surface area contributed by atoms with Gasteiger partial charge in [-0.05, 0) is 19.8 Å². The Morgan fingerprint density at radius 3 is 2.32 bits per heavy atom. The highest BCUT2D eigenvalue weighted by atomic mass is 32.2. The molecule has 5 heteroatoms. The summed E-state index contributed by atoms with van der Waals surface area (Å²) in [5.74, 6) is -1.19. The maximum atomic E-state index is 12.9. The van der Waals surface area contributed by atoms with Crippen molar-refractivity contribution in [3.8, 4) is 0 Å². The quantitative estimate of drug-likeness (QED) is 0.737. The Balaban J connectivity index is 1.91. The number of fused-ring (bicyclic) bond motifs is 4. The maximum Gasteiger partial charge on any atom is 0.174 e. The molecule has 22 heavy (non-hydrogen) atoms.